The number of carbonyl (C=O) groups excluding carboxylic acids is 1. The van der Waals surface area contributed by atoms with Crippen molar-refractivity contribution in [3.05, 3.63) is 53.3 Å². The molecule has 158 valence electrons. The summed E-state index contributed by atoms with van der Waals surface area (Å²) < 4.78 is 40.0. The highest BCUT2D eigenvalue weighted by Gasteiger charge is 2.36. The fourth-order valence-corrected chi connectivity index (χ4v) is 3.62. The van der Waals surface area contributed by atoms with E-state index in [0.29, 0.717) is 30.2 Å². The zero-order valence-electron chi connectivity index (χ0n) is 16.9. The van der Waals surface area contributed by atoms with Crippen LogP contribution in [0.2, 0.25) is 0 Å². The molecule has 1 aliphatic rings. The Morgan fingerprint density at radius 2 is 1.97 bits per heavy atom. The number of halogens is 3. The van der Waals surface area contributed by atoms with E-state index in [2.05, 4.69) is 10.3 Å². The van der Waals surface area contributed by atoms with Crippen molar-refractivity contribution < 1.29 is 18.0 Å². The number of alkyl halides is 3. The molecule has 1 aliphatic heterocycles. The molecule has 1 fully saturated rings. The number of carbonyl (C=O) groups is 1. The van der Waals surface area contributed by atoms with E-state index in [-0.39, 0.29) is 18.1 Å². The number of piperazine rings is 1. The van der Waals surface area contributed by atoms with Crippen molar-refractivity contribution in [1.82, 2.24) is 9.88 Å². The summed E-state index contributed by atoms with van der Waals surface area (Å²) in [4.78, 5) is 20.4. The Morgan fingerprint density at radius 1 is 1.23 bits per heavy atom. The van der Waals surface area contributed by atoms with Crippen LogP contribution in [0.15, 0.2) is 36.5 Å². The number of amides is 2. The van der Waals surface area contributed by atoms with Crippen molar-refractivity contribution in [2.75, 3.05) is 23.3 Å². The Hall–Kier alpha value is -3.28. The molecule has 0 bridgehead atoms. The Morgan fingerprint density at radius 3 is 2.60 bits per heavy atom. The van der Waals surface area contributed by atoms with Crippen molar-refractivity contribution in [2.24, 2.45) is 0 Å². The lowest BCUT2D eigenvalue weighted by Crippen LogP contribution is -2.59. The van der Waals surface area contributed by atoms with Gasteiger partial charge in [-0.2, -0.15) is 18.4 Å². The highest BCUT2D eigenvalue weighted by molar-refractivity contribution is 5.90. The lowest BCUT2D eigenvalue weighted by molar-refractivity contribution is -0.137. The van der Waals surface area contributed by atoms with Crippen molar-refractivity contribution in [2.45, 2.75) is 39.0 Å². The molecule has 30 heavy (non-hydrogen) atoms. The SMILES string of the molecule is Cc1ncccc1NC(=O)N1C[C@H](C)N(c2ccc(C#N)c(C(F)(F)F)c2)C[C@H]1C. The fourth-order valence-electron chi connectivity index (χ4n) is 3.62. The number of nitrogens with one attached hydrogen (secondary N) is 1. The molecule has 2 aromatic rings. The van der Waals surface area contributed by atoms with Gasteiger partial charge in [0, 0.05) is 37.1 Å². The van der Waals surface area contributed by atoms with E-state index in [9.17, 15) is 18.0 Å². The first kappa shape index (κ1) is 21.4. The van der Waals surface area contributed by atoms with Crippen LogP contribution in [0.3, 0.4) is 0 Å². The van der Waals surface area contributed by atoms with Gasteiger partial charge in [-0.05, 0) is 51.1 Å². The summed E-state index contributed by atoms with van der Waals surface area (Å²) >= 11 is 0. The van der Waals surface area contributed by atoms with Crippen LogP contribution in [0.25, 0.3) is 0 Å². The van der Waals surface area contributed by atoms with Gasteiger partial charge in [-0.25, -0.2) is 4.79 Å². The standard InChI is InChI=1S/C21H22F3N5O/c1-13-12-29(20(30)27-19-5-4-8-26-15(19)3)14(2)11-28(13)17-7-6-16(10-25)18(9-17)21(22,23)24/h4-9,13-14H,11-12H2,1-3H3,(H,27,30)/t13-,14+/m0/s1. The maximum absolute atomic E-state index is 13.3. The number of pyridine rings is 1. The summed E-state index contributed by atoms with van der Waals surface area (Å²) in [6, 6.07) is 8.09. The van der Waals surface area contributed by atoms with Gasteiger partial charge in [0.25, 0.3) is 0 Å². The summed E-state index contributed by atoms with van der Waals surface area (Å²) in [6.45, 7) is 6.20. The third-order valence-corrected chi connectivity index (χ3v) is 5.26. The predicted octanol–water partition coefficient (Wildman–Crippen LogP) is 4.41. The van der Waals surface area contributed by atoms with Gasteiger partial charge in [0.2, 0.25) is 0 Å². The smallest absolute Gasteiger partial charge is 0.365 e. The maximum atomic E-state index is 13.3. The van der Waals surface area contributed by atoms with Crippen molar-refractivity contribution >= 4 is 17.4 Å². The lowest BCUT2D eigenvalue weighted by atomic mass is 10.0. The molecule has 9 heteroatoms. The van der Waals surface area contributed by atoms with E-state index in [1.807, 2.05) is 18.7 Å². The molecule has 2 atom stereocenters. The van der Waals surface area contributed by atoms with Gasteiger partial charge >= 0.3 is 12.2 Å². The van der Waals surface area contributed by atoms with E-state index in [0.717, 1.165) is 6.07 Å². The first-order valence-corrected chi connectivity index (χ1v) is 9.49. The normalized spacial score (nSPS) is 19.4. The maximum Gasteiger partial charge on any atom is 0.417 e. The minimum atomic E-state index is -4.61. The van der Waals surface area contributed by atoms with E-state index in [4.69, 9.17) is 5.26 Å². The largest absolute Gasteiger partial charge is 0.417 e. The molecule has 0 saturated carbocycles. The molecule has 0 unspecified atom stereocenters. The van der Waals surface area contributed by atoms with Crippen LogP contribution >= 0.6 is 0 Å². The number of urea groups is 1. The molecule has 1 aromatic heterocycles. The van der Waals surface area contributed by atoms with Crippen LogP contribution in [0.5, 0.6) is 0 Å². The van der Waals surface area contributed by atoms with Gasteiger partial charge < -0.3 is 15.1 Å². The van der Waals surface area contributed by atoms with Gasteiger partial charge in [0.15, 0.2) is 0 Å². The second-order valence-electron chi connectivity index (χ2n) is 7.41. The molecular weight excluding hydrogens is 395 g/mol. The fraction of sp³-hybridized carbons (Fsp3) is 0.381. The molecule has 0 spiro atoms. The zero-order valence-corrected chi connectivity index (χ0v) is 16.9. The van der Waals surface area contributed by atoms with E-state index >= 15 is 0 Å². The van der Waals surface area contributed by atoms with Gasteiger partial charge in [-0.1, -0.05) is 0 Å². The van der Waals surface area contributed by atoms with Gasteiger partial charge in [-0.3, -0.25) is 4.98 Å². The second-order valence-corrected chi connectivity index (χ2v) is 7.41. The number of aryl methyl sites for hydroxylation is 1. The average Bonchev–Trinajstić information content (AvgIpc) is 2.70. The quantitative estimate of drug-likeness (QED) is 0.786. The van der Waals surface area contributed by atoms with E-state index < -0.39 is 17.3 Å². The first-order valence-electron chi connectivity index (χ1n) is 9.49. The number of nitriles is 1. The van der Waals surface area contributed by atoms with Gasteiger partial charge in [0.1, 0.15) is 0 Å². The van der Waals surface area contributed by atoms with Crippen LogP contribution in [-0.4, -0.2) is 41.1 Å². The third-order valence-electron chi connectivity index (χ3n) is 5.26. The summed E-state index contributed by atoms with van der Waals surface area (Å²) in [5, 5.41) is 11.8. The molecule has 1 aromatic carbocycles. The minimum Gasteiger partial charge on any atom is -0.365 e. The Kier molecular flexibility index (Phi) is 5.87. The average molecular weight is 417 g/mol. The third kappa shape index (κ3) is 4.32. The summed E-state index contributed by atoms with van der Waals surface area (Å²) in [6.07, 6.45) is -2.97. The van der Waals surface area contributed by atoms with Crippen molar-refractivity contribution in [3.8, 4) is 6.07 Å². The van der Waals surface area contributed by atoms with Crippen LogP contribution in [0.4, 0.5) is 29.3 Å². The second kappa shape index (κ2) is 8.22. The van der Waals surface area contributed by atoms with Crippen LogP contribution < -0.4 is 10.2 Å². The topological polar surface area (TPSA) is 72.3 Å². The van der Waals surface area contributed by atoms with E-state index in [1.165, 1.54) is 12.1 Å². The van der Waals surface area contributed by atoms with Crippen molar-refractivity contribution in [1.29, 1.82) is 5.26 Å². The van der Waals surface area contributed by atoms with Crippen molar-refractivity contribution in [3.63, 3.8) is 0 Å². The minimum absolute atomic E-state index is 0.212. The number of hydrogen-bond donors (Lipinski definition) is 1. The summed E-state index contributed by atoms with van der Waals surface area (Å²) in [5.41, 5.74) is 0.337. The summed E-state index contributed by atoms with van der Waals surface area (Å²) in [5.74, 6) is 0. The molecule has 0 radical (unpaired) electrons. The molecule has 1 N–H and O–H groups in total. The molecule has 2 amide bonds. The highest BCUT2D eigenvalue weighted by Crippen LogP contribution is 2.35. The predicted molar refractivity (Wildman–Crippen MR) is 107 cm³/mol. The Bertz CT molecular complexity index is 985. The molecule has 1 saturated heterocycles. The van der Waals surface area contributed by atoms with Gasteiger partial charge in [0.05, 0.1) is 28.6 Å². The summed E-state index contributed by atoms with van der Waals surface area (Å²) in [7, 11) is 0. The Balaban J connectivity index is 1.79. The molecule has 0 aliphatic carbocycles. The molecular formula is C21H22F3N5O. The number of benzene rings is 1. The zero-order chi connectivity index (χ0) is 22.1. The Labute approximate surface area is 172 Å². The number of hydrogen-bond acceptors (Lipinski definition) is 4. The lowest BCUT2D eigenvalue weighted by Gasteiger charge is -2.45. The highest BCUT2D eigenvalue weighted by atomic mass is 19.4. The number of anilines is 2. The first-order chi connectivity index (χ1) is 14.1. The molecule has 6 nitrogen and oxygen atoms in total. The number of rotatable bonds is 2. The van der Waals surface area contributed by atoms with Crippen LogP contribution in [0, 0.1) is 18.3 Å². The van der Waals surface area contributed by atoms with Gasteiger partial charge in [-0.15, -0.1) is 0 Å². The van der Waals surface area contributed by atoms with Crippen LogP contribution in [-0.2, 0) is 6.18 Å². The molecule has 2 heterocycles. The molecule has 3 rings (SSSR count). The monoisotopic (exact) mass is 417 g/mol. The number of aromatic nitrogens is 1. The number of nitrogens with zero attached hydrogens (tertiary/aromatic N) is 4. The van der Waals surface area contributed by atoms with E-state index in [1.54, 1.807) is 36.2 Å². The van der Waals surface area contributed by atoms with Crippen LogP contribution in [0.1, 0.15) is 30.7 Å².